The van der Waals surface area contributed by atoms with Crippen molar-refractivity contribution in [2.75, 3.05) is 11.9 Å². The van der Waals surface area contributed by atoms with Gasteiger partial charge >= 0.3 is 0 Å². The number of carbonyl (C=O) groups is 1. The Morgan fingerprint density at radius 1 is 0.968 bits per heavy atom. The van der Waals surface area contributed by atoms with Crippen LogP contribution < -0.4 is 14.8 Å². The average Bonchev–Trinajstić information content (AvgIpc) is 2.76. The maximum Gasteiger partial charge on any atom is 0.242 e. The zero-order valence-electron chi connectivity index (χ0n) is 16.9. The van der Waals surface area contributed by atoms with Gasteiger partial charge in [0.1, 0.15) is 11.8 Å². The van der Waals surface area contributed by atoms with E-state index in [1.807, 2.05) is 37.3 Å². The van der Waals surface area contributed by atoms with Crippen molar-refractivity contribution in [1.29, 1.82) is 0 Å². The van der Waals surface area contributed by atoms with Gasteiger partial charge < -0.3 is 10.1 Å². The third-order valence-corrected chi connectivity index (χ3v) is 6.19. The van der Waals surface area contributed by atoms with Crippen molar-refractivity contribution in [3.63, 3.8) is 0 Å². The van der Waals surface area contributed by atoms with Crippen LogP contribution in [-0.4, -0.2) is 27.0 Å². The van der Waals surface area contributed by atoms with E-state index in [-0.39, 0.29) is 11.3 Å². The Hall–Kier alpha value is -2.87. The van der Waals surface area contributed by atoms with Gasteiger partial charge in [0, 0.05) is 10.7 Å². The van der Waals surface area contributed by atoms with Crippen LogP contribution in [0.4, 0.5) is 5.69 Å². The van der Waals surface area contributed by atoms with E-state index in [4.69, 9.17) is 16.3 Å². The zero-order valence-corrected chi connectivity index (χ0v) is 18.5. The van der Waals surface area contributed by atoms with E-state index < -0.39 is 22.0 Å². The van der Waals surface area contributed by atoms with Gasteiger partial charge in [-0.25, -0.2) is 8.42 Å². The van der Waals surface area contributed by atoms with E-state index in [0.29, 0.717) is 23.1 Å². The van der Waals surface area contributed by atoms with Crippen LogP contribution in [0.1, 0.15) is 12.5 Å². The number of hydrogen-bond donors (Lipinski definition) is 2. The fraction of sp³-hybridized carbons (Fsp3) is 0.174. The molecule has 8 heteroatoms. The maximum atomic E-state index is 13.0. The molecule has 0 radical (unpaired) electrons. The van der Waals surface area contributed by atoms with Crippen molar-refractivity contribution in [2.45, 2.75) is 24.3 Å². The first-order valence-electron chi connectivity index (χ1n) is 9.73. The number of sulfonamides is 1. The Bertz CT molecular complexity index is 1100. The number of hydrogen-bond acceptors (Lipinski definition) is 4. The lowest BCUT2D eigenvalue weighted by molar-refractivity contribution is -0.117. The summed E-state index contributed by atoms with van der Waals surface area (Å²) >= 11 is 5.89. The molecule has 3 rings (SSSR count). The summed E-state index contributed by atoms with van der Waals surface area (Å²) in [6, 6.07) is 20.9. The van der Waals surface area contributed by atoms with Gasteiger partial charge in [-0.1, -0.05) is 41.9 Å². The summed E-state index contributed by atoms with van der Waals surface area (Å²) in [5.74, 6) is 0.100. The van der Waals surface area contributed by atoms with Crippen molar-refractivity contribution in [3.05, 3.63) is 89.4 Å². The minimum atomic E-state index is -3.94. The first kappa shape index (κ1) is 22.8. The molecule has 0 fully saturated rings. The lowest BCUT2D eigenvalue weighted by Gasteiger charge is -2.19. The minimum Gasteiger partial charge on any atom is -0.494 e. The fourth-order valence-corrected chi connectivity index (χ4v) is 4.26. The van der Waals surface area contributed by atoms with Crippen LogP contribution in [-0.2, 0) is 21.2 Å². The van der Waals surface area contributed by atoms with Crippen molar-refractivity contribution >= 4 is 33.2 Å². The summed E-state index contributed by atoms with van der Waals surface area (Å²) in [7, 11) is -3.94. The van der Waals surface area contributed by atoms with Crippen LogP contribution >= 0.6 is 11.6 Å². The summed E-state index contributed by atoms with van der Waals surface area (Å²) in [6.07, 6.45) is 0.191. The summed E-state index contributed by atoms with van der Waals surface area (Å²) in [6.45, 7) is 2.33. The van der Waals surface area contributed by atoms with Gasteiger partial charge in [0.2, 0.25) is 15.9 Å². The van der Waals surface area contributed by atoms with Gasteiger partial charge in [-0.15, -0.1) is 0 Å². The highest BCUT2D eigenvalue weighted by Crippen LogP contribution is 2.18. The molecule has 1 atom stereocenters. The van der Waals surface area contributed by atoms with Crippen LogP contribution in [0.25, 0.3) is 0 Å². The Labute approximate surface area is 187 Å². The van der Waals surface area contributed by atoms with Crippen LogP contribution in [0.15, 0.2) is 83.8 Å². The molecule has 1 amide bonds. The lowest BCUT2D eigenvalue weighted by Crippen LogP contribution is -2.45. The normalized spacial score (nSPS) is 12.2. The first-order chi connectivity index (χ1) is 14.9. The van der Waals surface area contributed by atoms with Crippen LogP contribution in [0, 0.1) is 0 Å². The summed E-state index contributed by atoms with van der Waals surface area (Å²) in [4.78, 5) is 13.0. The molecule has 0 aliphatic rings. The molecule has 1 unspecified atom stereocenters. The lowest BCUT2D eigenvalue weighted by atomic mass is 10.1. The molecule has 0 heterocycles. The maximum absolute atomic E-state index is 13.0. The van der Waals surface area contributed by atoms with Crippen LogP contribution in [0.2, 0.25) is 5.02 Å². The van der Waals surface area contributed by atoms with E-state index in [1.165, 1.54) is 12.1 Å². The molecule has 2 N–H and O–H groups in total. The second kappa shape index (κ2) is 10.4. The second-order valence-electron chi connectivity index (χ2n) is 6.76. The Balaban J connectivity index is 1.82. The number of amides is 1. The third kappa shape index (κ3) is 6.55. The molecule has 0 aliphatic carbocycles. The van der Waals surface area contributed by atoms with Gasteiger partial charge in [0.15, 0.2) is 0 Å². The number of anilines is 1. The Kier molecular flexibility index (Phi) is 7.68. The highest BCUT2D eigenvalue weighted by molar-refractivity contribution is 7.89. The summed E-state index contributed by atoms with van der Waals surface area (Å²) in [5, 5.41) is 3.28. The quantitative estimate of drug-likeness (QED) is 0.501. The molecule has 0 aliphatic heterocycles. The van der Waals surface area contributed by atoms with Crippen molar-refractivity contribution in [1.82, 2.24) is 4.72 Å². The van der Waals surface area contributed by atoms with Gasteiger partial charge in [-0.05, 0) is 67.4 Å². The van der Waals surface area contributed by atoms with Crippen LogP contribution in [0.5, 0.6) is 5.75 Å². The molecular formula is C23H23ClN2O4S. The zero-order chi connectivity index (χ0) is 22.3. The number of carbonyl (C=O) groups excluding carboxylic acids is 1. The predicted octanol–water partition coefficient (Wildman–Crippen LogP) is 4.27. The fourth-order valence-electron chi connectivity index (χ4n) is 2.94. The van der Waals surface area contributed by atoms with E-state index in [0.717, 1.165) is 5.56 Å². The number of benzene rings is 3. The van der Waals surface area contributed by atoms with Crippen LogP contribution in [0.3, 0.4) is 0 Å². The molecular weight excluding hydrogens is 436 g/mol. The highest BCUT2D eigenvalue weighted by Gasteiger charge is 2.26. The van der Waals surface area contributed by atoms with E-state index in [1.54, 1.807) is 36.4 Å². The smallest absolute Gasteiger partial charge is 0.242 e. The predicted molar refractivity (Wildman–Crippen MR) is 122 cm³/mol. The van der Waals surface area contributed by atoms with Gasteiger partial charge in [-0.3, -0.25) is 4.79 Å². The molecule has 0 saturated heterocycles. The monoisotopic (exact) mass is 458 g/mol. The largest absolute Gasteiger partial charge is 0.494 e. The molecule has 0 spiro atoms. The summed E-state index contributed by atoms with van der Waals surface area (Å²) < 4.78 is 33.8. The van der Waals surface area contributed by atoms with E-state index >= 15 is 0 Å². The van der Waals surface area contributed by atoms with Gasteiger partial charge in [0.05, 0.1) is 11.5 Å². The minimum absolute atomic E-state index is 0.0494. The SMILES string of the molecule is CCOc1ccc(S(=O)(=O)NC(Cc2ccccc2)C(=O)Nc2ccc(Cl)cc2)cc1. The topological polar surface area (TPSA) is 84.5 Å². The van der Waals surface area contributed by atoms with E-state index in [2.05, 4.69) is 10.0 Å². The molecule has 0 saturated carbocycles. The number of rotatable bonds is 9. The van der Waals surface area contributed by atoms with Crippen molar-refractivity contribution in [2.24, 2.45) is 0 Å². The molecule has 0 bridgehead atoms. The number of halogens is 1. The van der Waals surface area contributed by atoms with Gasteiger partial charge in [-0.2, -0.15) is 4.72 Å². The average molecular weight is 459 g/mol. The summed E-state index contributed by atoms with van der Waals surface area (Å²) in [5.41, 5.74) is 1.35. The Morgan fingerprint density at radius 2 is 1.61 bits per heavy atom. The second-order valence-corrected chi connectivity index (χ2v) is 8.91. The number of nitrogens with one attached hydrogen (secondary N) is 2. The van der Waals surface area contributed by atoms with Crippen molar-refractivity contribution in [3.8, 4) is 5.75 Å². The van der Waals surface area contributed by atoms with Crippen molar-refractivity contribution < 1.29 is 17.9 Å². The first-order valence-corrected chi connectivity index (χ1v) is 11.6. The highest BCUT2D eigenvalue weighted by atomic mass is 35.5. The molecule has 162 valence electrons. The molecule has 3 aromatic rings. The standard InChI is InChI=1S/C23H23ClN2O4S/c1-2-30-20-12-14-21(15-13-20)31(28,29)26-22(16-17-6-4-3-5-7-17)23(27)25-19-10-8-18(24)9-11-19/h3-15,22,26H,2,16H2,1H3,(H,25,27). The molecule has 0 aromatic heterocycles. The Morgan fingerprint density at radius 3 is 2.23 bits per heavy atom. The molecule has 3 aromatic carbocycles. The molecule has 6 nitrogen and oxygen atoms in total. The third-order valence-electron chi connectivity index (χ3n) is 4.45. The molecule has 31 heavy (non-hydrogen) atoms. The number of ether oxygens (including phenoxy) is 1. The van der Waals surface area contributed by atoms with E-state index in [9.17, 15) is 13.2 Å². The van der Waals surface area contributed by atoms with Gasteiger partial charge in [0.25, 0.3) is 0 Å².